The van der Waals surface area contributed by atoms with Crippen LogP contribution in [0.2, 0.25) is 0 Å². The van der Waals surface area contributed by atoms with Crippen LogP contribution < -0.4 is 14.5 Å². The molecule has 24 heavy (non-hydrogen) atoms. The second-order valence-corrected chi connectivity index (χ2v) is 5.75. The summed E-state index contributed by atoms with van der Waals surface area (Å²) < 4.78 is 7.17. The molecule has 0 saturated carbocycles. The number of aromatic nitrogens is 5. The Bertz CT molecular complexity index is 855. The number of piperazine rings is 1. The zero-order valence-corrected chi connectivity index (χ0v) is 13.8. The topological polar surface area (TPSA) is 71.7 Å². The normalized spacial score (nSPS) is 15.1. The minimum absolute atomic E-state index is 0.828. The van der Waals surface area contributed by atoms with Gasteiger partial charge in [-0.3, -0.25) is 4.40 Å². The van der Waals surface area contributed by atoms with Crippen LogP contribution >= 0.6 is 0 Å². The third-order valence-corrected chi connectivity index (χ3v) is 4.34. The van der Waals surface area contributed by atoms with Crippen LogP contribution in [0.25, 0.3) is 5.65 Å². The summed E-state index contributed by atoms with van der Waals surface area (Å²) in [4.78, 5) is 13.7. The summed E-state index contributed by atoms with van der Waals surface area (Å²) >= 11 is 0. The van der Waals surface area contributed by atoms with Crippen LogP contribution in [0.1, 0.15) is 5.82 Å². The fourth-order valence-electron chi connectivity index (χ4n) is 2.99. The van der Waals surface area contributed by atoms with Gasteiger partial charge in [0, 0.05) is 44.5 Å². The monoisotopic (exact) mass is 325 g/mol. The lowest BCUT2D eigenvalue weighted by atomic mass is 10.3. The highest BCUT2D eigenvalue weighted by atomic mass is 16.5. The molecule has 1 saturated heterocycles. The molecule has 0 amide bonds. The zero-order valence-electron chi connectivity index (χ0n) is 13.8. The van der Waals surface area contributed by atoms with E-state index in [1.54, 1.807) is 19.6 Å². The van der Waals surface area contributed by atoms with Gasteiger partial charge in [0.25, 0.3) is 0 Å². The third-order valence-electron chi connectivity index (χ3n) is 4.34. The van der Waals surface area contributed by atoms with Gasteiger partial charge in [0.05, 0.1) is 7.11 Å². The number of hydrogen-bond acceptors (Lipinski definition) is 7. The fraction of sp³-hybridized carbons (Fsp3) is 0.375. The van der Waals surface area contributed by atoms with Gasteiger partial charge >= 0.3 is 0 Å². The van der Waals surface area contributed by atoms with Crippen LogP contribution in [-0.4, -0.2) is 57.9 Å². The van der Waals surface area contributed by atoms with Crippen LogP contribution in [0, 0.1) is 6.92 Å². The molecule has 0 unspecified atom stereocenters. The number of fused-ring (bicyclic) bond motifs is 1. The molecule has 3 aromatic heterocycles. The molecule has 8 nitrogen and oxygen atoms in total. The first-order chi connectivity index (χ1) is 11.7. The molecule has 0 N–H and O–H groups in total. The van der Waals surface area contributed by atoms with E-state index >= 15 is 0 Å². The highest BCUT2D eigenvalue weighted by Gasteiger charge is 2.20. The maximum Gasteiger partial charge on any atom is 0.165 e. The number of anilines is 2. The van der Waals surface area contributed by atoms with E-state index in [1.165, 1.54) is 0 Å². The third kappa shape index (κ3) is 2.60. The van der Waals surface area contributed by atoms with Crippen LogP contribution in [0.4, 0.5) is 11.6 Å². The van der Waals surface area contributed by atoms with Gasteiger partial charge in [-0.25, -0.2) is 9.97 Å². The van der Waals surface area contributed by atoms with E-state index in [-0.39, 0.29) is 0 Å². The van der Waals surface area contributed by atoms with Crippen molar-refractivity contribution in [2.24, 2.45) is 0 Å². The minimum atomic E-state index is 0.828. The first kappa shape index (κ1) is 14.7. The first-order valence-electron chi connectivity index (χ1n) is 7.92. The maximum absolute atomic E-state index is 5.28. The largest absolute Gasteiger partial charge is 0.497 e. The van der Waals surface area contributed by atoms with E-state index in [1.807, 2.05) is 29.5 Å². The van der Waals surface area contributed by atoms with Crippen molar-refractivity contribution >= 4 is 17.3 Å². The van der Waals surface area contributed by atoms with Crippen molar-refractivity contribution in [2.45, 2.75) is 6.92 Å². The summed E-state index contributed by atoms with van der Waals surface area (Å²) in [6.07, 6.45) is 3.47. The Morgan fingerprint density at radius 2 is 1.79 bits per heavy atom. The molecule has 3 aromatic rings. The van der Waals surface area contributed by atoms with Gasteiger partial charge in [-0.2, -0.15) is 0 Å². The first-order valence-corrected chi connectivity index (χ1v) is 7.92. The summed E-state index contributed by atoms with van der Waals surface area (Å²) in [5.74, 6) is 3.62. The molecular weight excluding hydrogens is 306 g/mol. The van der Waals surface area contributed by atoms with E-state index in [4.69, 9.17) is 4.74 Å². The molecule has 0 bridgehead atoms. The van der Waals surface area contributed by atoms with Crippen LogP contribution in [0.5, 0.6) is 5.75 Å². The number of hydrogen-bond donors (Lipinski definition) is 0. The van der Waals surface area contributed by atoms with Crippen molar-refractivity contribution in [2.75, 3.05) is 43.1 Å². The Morgan fingerprint density at radius 3 is 2.54 bits per heavy atom. The van der Waals surface area contributed by atoms with E-state index in [2.05, 4.69) is 30.0 Å². The number of aryl methyl sites for hydroxylation is 1. The quantitative estimate of drug-likeness (QED) is 0.715. The number of nitrogens with zero attached hydrogens (tertiary/aromatic N) is 7. The SMILES string of the molecule is COc1ccnc(N2CCN(c3cc4nncn4c(C)n3)CC2)c1. The molecule has 0 atom stereocenters. The van der Waals surface area contributed by atoms with Gasteiger partial charge in [0.1, 0.15) is 29.5 Å². The van der Waals surface area contributed by atoms with Gasteiger partial charge in [-0.15, -0.1) is 10.2 Å². The Labute approximate surface area is 139 Å². The molecule has 1 aliphatic rings. The van der Waals surface area contributed by atoms with Gasteiger partial charge < -0.3 is 14.5 Å². The van der Waals surface area contributed by atoms with Crippen LogP contribution in [0.15, 0.2) is 30.7 Å². The molecule has 1 fully saturated rings. The predicted octanol–water partition coefficient (Wildman–Crippen LogP) is 1.16. The Hall–Kier alpha value is -2.90. The Balaban J connectivity index is 1.50. The van der Waals surface area contributed by atoms with Gasteiger partial charge in [0.15, 0.2) is 5.65 Å². The molecule has 0 spiro atoms. The molecular formula is C16H19N7O. The number of pyridine rings is 1. The van der Waals surface area contributed by atoms with E-state index < -0.39 is 0 Å². The average molecular weight is 325 g/mol. The standard InChI is InChI=1S/C16H19N7O/c1-12-19-15(10-16-20-18-11-23(12)16)22-7-5-21(6-8-22)14-9-13(24-2)3-4-17-14/h3-4,9-11H,5-8H2,1-2H3. The number of rotatable bonds is 3. The molecule has 1 aliphatic heterocycles. The number of methoxy groups -OCH3 is 1. The second-order valence-electron chi connectivity index (χ2n) is 5.75. The predicted molar refractivity (Wildman–Crippen MR) is 90.7 cm³/mol. The average Bonchev–Trinajstić information content (AvgIpc) is 3.11. The van der Waals surface area contributed by atoms with E-state index in [0.717, 1.165) is 55.0 Å². The van der Waals surface area contributed by atoms with Crippen molar-refractivity contribution in [3.63, 3.8) is 0 Å². The molecule has 0 aromatic carbocycles. The summed E-state index contributed by atoms with van der Waals surface area (Å²) in [5, 5.41) is 8.07. The van der Waals surface area contributed by atoms with Crippen LogP contribution in [-0.2, 0) is 0 Å². The minimum Gasteiger partial charge on any atom is -0.497 e. The van der Waals surface area contributed by atoms with Crippen molar-refractivity contribution in [3.8, 4) is 5.75 Å². The van der Waals surface area contributed by atoms with Crippen LogP contribution in [0.3, 0.4) is 0 Å². The van der Waals surface area contributed by atoms with Gasteiger partial charge in [-0.1, -0.05) is 0 Å². The highest BCUT2D eigenvalue weighted by molar-refractivity contribution is 5.53. The Kier molecular flexibility index (Phi) is 3.64. The van der Waals surface area contributed by atoms with Gasteiger partial charge in [-0.05, 0) is 13.0 Å². The van der Waals surface area contributed by atoms with Gasteiger partial charge in [0.2, 0.25) is 0 Å². The summed E-state index contributed by atoms with van der Waals surface area (Å²) in [6, 6.07) is 5.82. The molecule has 0 radical (unpaired) electrons. The molecule has 0 aliphatic carbocycles. The molecule has 8 heteroatoms. The lowest BCUT2D eigenvalue weighted by molar-refractivity contribution is 0.414. The Morgan fingerprint density at radius 1 is 1.04 bits per heavy atom. The van der Waals surface area contributed by atoms with Crippen molar-refractivity contribution in [1.82, 2.24) is 24.6 Å². The van der Waals surface area contributed by atoms with E-state index in [0.29, 0.717) is 0 Å². The maximum atomic E-state index is 5.28. The smallest absolute Gasteiger partial charge is 0.165 e. The fourth-order valence-corrected chi connectivity index (χ4v) is 2.99. The zero-order chi connectivity index (χ0) is 16.5. The summed E-state index contributed by atoms with van der Waals surface area (Å²) in [5.41, 5.74) is 0.828. The van der Waals surface area contributed by atoms with E-state index in [9.17, 15) is 0 Å². The molecule has 124 valence electrons. The van der Waals surface area contributed by atoms with Crippen molar-refractivity contribution in [1.29, 1.82) is 0 Å². The van der Waals surface area contributed by atoms with Crippen molar-refractivity contribution in [3.05, 3.63) is 36.5 Å². The lowest BCUT2D eigenvalue weighted by Gasteiger charge is -2.36. The lowest BCUT2D eigenvalue weighted by Crippen LogP contribution is -2.47. The summed E-state index contributed by atoms with van der Waals surface area (Å²) in [6.45, 7) is 5.51. The molecule has 4 heterocycles. The molecule has 4 rings (SSSR count). The highest BCUT2D eigenvalue weighted by Crippen LogP contribution is 2.21. The second kappa shape index (κ2) is 5.95. The summed E-state index contributed by atoms with van der Waals surface area (Å²) in [7, 11) is 1.67. The number of ether oxygens (including phenoxy) is 1. The van der Waals surface area contributed by atoms with Crippen molar-refractivity contribution < 1.29 is 4.74 Å².